The summed E-state index contributed by atoms with van der Waals surface area (Å²) in [6, 6.07) is 7.96. The lowest BCUT2D eigenvalue weighted by Gasteiger charge is -2.44. The van der Waals surface area contributed by atoms with E-state index in [9.17, 15) is 4.79 Å². The molecule has 0 aromatic heterocycles. The lowest BCUT2D eigenvalue weighted by atomic mass is 9.68. The molecule has 0 amide bonds. The fraction of sp³-hybridized carbons (Fsp3) is 0.588. The van der Waals surface area contributed by atoms with Gasteiger partial charge in [0.25, 0.3) is 0 Å². The van der Waals surface area contributed by atoms with Gasteiger partial charge in [0.05, 0.1) is 0 Å². The van der Waals surface area contributed by atoms with E-state index in [1.165, 1.54) is 0 Å². The summed E-state index contributed by atoms with van der Waals surface area (Å²) in [5.41, 5.74) is 1.64. The molecule has 0 radical (unpaired) electrons. The summed E-state index contributed by atoms with van der Waals surface area (Å²) in [4.78, 5) is 13.0. The maximum atomic E-state index is 13.0. The molecule has 4 heteroatoms. The smallest absolute Gasteiger partial charge is 0.169 e. The Morgan fingerprint density at radius 3 is 2.67 bits per heavy atom. The Morgan fingerprint density at radius 1 is 1.24 bits per heavy atom. The average Bonchev–Trinajstić information content (AvgIpc) is 2.79. The van der Waals surface area contributed by atoms with Crippen molar-refractivity contribution >= 4 is 5.78 Å². The summed E-state index contributed by atoms with van der Waals surface area (Å²) in [6.45, 7) is 2.94. The van der Waals surface area contributed by atoms with Crippen molar-refractivity contribution in [3.05, 3.63) is 35.4 Å². The van der Waals surface area contributed by atoms with Crippen molar-refractivity contribution in [3.8, 4) is 0 Å². The van der Waals surface area contributed by atoms with E-state index in [1.807, 2.05) is 18.2 Å². The lowest BCUT2D eigenvalue weighted by Crippen LogP contribution is -2.57. The Kier molecular flexibility index (Phi) is 3.86. The van der Waals surface area contributed by atoms with Crippen LogP contribution in [0, 0.1) is 11.3 Å². The number of carbonyl (C=O) groups is 1. The minimum atomic E-state index is -0.400. The summed E-state index contributed by atoms with van der Waals surface area (Å²) in [5.74, 6) is 0.413. The van der Waals surface area contributed by atoms with Crippen LogP contribution in [0.1, 0.15) is 29.3 Å². The van der Waals surface area contributed by atoms with Gasteiger partial charge in [0.15, 0.2) is 5.78 Å². The molecule has 1 N–H and O–H groups in total. The van der Waals surface area contributed by atoms with E-state index in [1.54, 1.807) is 14.2 Å². The Labute approximate surface area is 125 Å². The fourth-order valence-corrected chi connectivity index (χ4v) is 4.04. The molecule has 1 aliphatic carbocycles. The number of ether oxygens (including phenoxy) is 2. The molecule has 0 bridgehead atoms. The largest absolute Gasteiger partial charge is 0.377 e. The van der Waals surface area contributed by atoms with Crippen LogP contribution in [0.4, 0.5) is 0 Å². The third kappa shape index (κ3) is 2.22. The highest BCUT2D eigenvalue weighted by molar-refractivity contribution is 6.04. The van der Waals surface area contributed by atoms with Gasteiger partial charge in [-0.15, -0.1) is 0 Å². The average molecular weight is 289 g/mol. The van der Waals surface area contributed by atoms with Crippen molar-refractivity contribution < 1.29 is 14.3 Å². The van der Waals surface area contributed by atoms with E-state index >= 15 is 0 Å². The maximum absolute atomic E-state index is 13.0. The third-order valence-corrected chi connectivity index (χ3v) is 5.18. The molecule has 4 nitrogen and oxygen atoms in total. The molecule has 1 heterocycles. The van der Waals surface area contributed by atoms with Gasteiger partial charge >= 0.3 is 0 Å². The monoisotopic (exact) mass is 289 g/mol. The van der Waals surface area contributed by atoms with Gasteiger partial charge in [-0.3, -0.25) is 10.1 Å². The Balaban J connectivity index is 1.94. The number of hydrogen-bond donors (Lipinski definition) is 1. The molecule has 1 fully saturated rings. The predicted molar refractivity (Wildman–Crippen MR) is 80.3 cm³/mol. The van der Waals surface area contributed by atoms with Crippen molar-refractivity contribution in [1.82, 2.24) is 5.32 Å². The molecular weight excluding hydrogens is 266 g/mol. The van der Waals surface area contributed by atoms with Crippen LogP contribution in [0.3, 0.4) is 0 Å². The first-order valence-corrected chi connectivity index (χ1v) is 7.53. The van der Waals surface area contributed by atoms with Crippen molar-refractivity contribution in [2.45, 2.75) is 32.1 Å². The van der Waals surface area contributed by atoms with Crippen LogP contribution in [0.5, 0.6) is 0 Å². The van der Waals surface area contributed by atoms with Crippen LogP contribution in [0.25, 0.3) is 0 Å². The number of rotatable bonds is 3. The van der Waals surface area contributed by atoms with Gasteiger partial charge in [0.2, 0.25) is 0 Å². The number of methoxy groups -OCH3 is 2. The second-order valence-corrected chi connectivity index (χ2v) is 6.29. The highest BCUT2D eigenvalue weighted by atomic mass is 16.5. The van der Waals surface area contributed by atoms with E-state index in [2.05, 4.69) is 18.3 Å². The van der Waals surface area contributed by atoms with E-state index in [4.69, 9.17) is 9.47 Å². The molecule has 4 unspecified atom stereocenters. The number of Topliss-reactive ketones (excluding diaryl/α,β-unsaturated/α-hetero) is 1. The van der Waals surface area contributed by atoms with Gasteiger partial charge in [-0.25, -0.2) is 0 Å². The molecule has 21 heavy (non-hydrogen) atoms. The third-order valence-electron chi connectivity index (χ3n) is 5.18. The number of piperidine rings is 1. The highest BCUT2D eigenvalue weighted by Crippen LogP contribution is 2.46. The zero-order chi connectivity index (χ0) is 15.0. The SMILES string of the molecule is COC1NCCC(C2(C)Cc3ccccc3C2=O)C1OC. The van der Waals surface area contributed by atoms with Crippen LogP contribution in [-0.2, 0) is 15.9 Å². The van der Waals surface area contributed by atoms with E-state index < -0.39 is 5.41 Å². The van der Waals surface area contributed by atoms with Gasteiger partial charge in [-0.2, -0.15) is 0 Å². The maximum Gasteiger partial charge on any atom is 0.169 e. The van der Waals surface area contributed by atoms with Crippen molar-refractivity contribution in [2.24, 2.45) is 11.3 Å². The van der Waals surface area contributed by atoms with Gasteiger partial charge in [-0.05, 0) is 24.9 Å². The first kappa shape index (κ1) is 14.7. The second-order valence-electron chi connectivity index (χ2n) is 6.29. The second kappa shape index (κ2) is 5.52. The number of nitrogens with one attached hydrogen (secondary N) is 1. The summed E-state index contributed by atoms with van der Waals surface area (Å²) in [5, 5.41) is 3.32. The summed E-state index contributed by atoms with van der Waals surface area (Å²) in [7, 11) is 3.38. The minimum absolute atomic E-state index is 0.105. The van der Waals surface area contributed by atoms with E-state index in [0.29, 0.717) is 0 Å². The number of ketones is 1. The number of fused-ring (bicyclic) bond motifs is 1. The molecule has 1 saturated heterocycles. The molecule has 4 atom stereocenters. The van der Waals surface area contributed by atoms with Crippen LogP contribution in [0.15, 0.2) is 24.3 Å². The van der Waals surface area contributed by atoms with Gasteiger partial charge in [0, 0.05) is 31.1 Å². The summed E-state index contributed by atoms with van der Waals surface area (Å²) >= 11 is 0. The molecule has 0 spiro atoms. The summed E-state index contributed by atoms with van der Waals surface area (Å²) < 4.78 is 11.2. The molecule has 2 aliphatic rings. The molecular formula is C17H23NO3. The quantitative estimate of drug-likeness (QED) is 0.925. The molecule has 3 rings (SSSR count). The van der Waals surface area contributed by atoms with Crippen LogP contribution in [-0.4, -0.2) is 38.9 Å². The Hall–Kier alpha value is -1.23. The van der Waals surface area contributed by atoms with Crippen LogP contribution < -0.4 is 5.32 Å². The minimum Gasteiger partial charge on any atom is -0.377 e. The first-order valence-electron chi connectivity index (χ1n) is 7.53. The molecule has 114 valence electrons. The zero-order valence-electron chi connectivity index (χ0n) is 12.9. The van der Waals surface area contributed by atoms with E-state index in [0.717, 1.165) is 30.5 Å². The first-order chi connectivity index (χ1) is 10.1. The Morgan fingerprint density at radius 2 is 2.00 bits per heavy atom. The number of hydrogen-bond acceptors (Lipinski definition) is 4. The Bertz CT molecular complexity index is 545. The van der Waals surface area contributed by atoms with Crippen molar-refractivity contribution in [2.75, 3.05) is 20.8 Å². The molecule has 1 aromatic carbocycles. The summed E-state index contributed by atoms with van der Waals surface area (Å²) in [6.07, 6.45) is 1.46. The van der Waals surface area contributed by atoms with Gasteiger partial charge in [0.1, 0.15) is 12.3 Å². The number of carbonyl (C=O) groups excluding carboxylic acids is 1. The fourth-order valence-electron chi connectivity index (χ4n) is 4.04. The number of benzene rings is 1. The van der Waals surface area contributed by atoms with Crippen LogP contribution >= 0.6 is 0 Å². The van der Waals surface area contributed by atoms with Crippen molar-refractivity contribution in [1.29, 1.82) is 0 Å². The zero-order valence-corrected chi connectivity index (χ0v) is 12.9. The van der Waals surface area contributed by atoms with Crippen molar-refractivity contribution in [3.63, 3.8) is 0 Å². The normalized spacial score (nSPS) is 35.8. The molecule has 1 aromatic rings. The van der Waals surface area contributed by atoms with Gasteiger partial charge < -0.3 is 9.47 Å². The van der Waals surface area contributed by atoms with Gasteiger partial charge in [-0.1, -0.05) is 31.2 Å². The molecule has 0 saturated carbocycles. The highest BCUT2D eigenvalue weighted by Gasteiger charge is 2.52. The standard InChI is InChI=1S/C17H23NO3/c1-17(10-11-6-4-5-7-12(11)15(17)19)13-8-9-18-16(21-3)14(13)20-2/h4-7,13-14,16,18H,8-10H2,1-3H3. The topological polar surface area (TPSA) is 47.6 Å². The molecule has 1 aliphatic heterocycles. The van der Waals surface area contributed by atoms with E-state index in [-0.39, 0.29) is 24.0 Å². The predicted octanol–water partition coefficient (Wildman–Crippen LogP) is 2.03. The lowest BCUT2D eigenvalue weighted by molar-refractivity contribution is -0.118. The van der Waals surface area contributed by atoms with Crippen LogP contribution in [0.2, 0.25) is 0 Å².